The molecule has 0 saturated heterocycles. The van der Waals surface area contributed by atoms with Crippen molar-refractivity contribution < 1.29 is 14.3 Å². The Labute approximate surface area is 164 Å². The molecule has 3 aromatic carbocycles. The van der Waals surface area contributed by atoms with Gasteiger partial charge in [-0.05, 0) is 30.3 Å². The van der Waals surface area contributed by atoms with Crippen LogP contribution in [0.25, 0.3) is 0 Å². The first-order chi connectivity index (χ1) is 13.7. The first-order valence-electron chi connectivity index (χ1n) is 9.26. The summed E-state index contributed by atoms with van der Waals surface area (Å²) in [5.41, 5.74) is 2.42. The minimum Gasteiger partial charge on any atom is -0.490 e. The lowest BCUT2D eigenvalue weighted by molar-refractivity contribution is 0.0733. The van der Waals surface area contributed by atoms with Gasteiger partial charge >= 0.3 is 0 Å². The van der Waals surface area contributed by atoms with Gasteiger partial charge in [-0.25, -0.2) is 0 Å². The number of hydrogen-bond acceptors (Lipinski definition) is 4. The zero-order valence-corrected chi connectivity index (χ0v) is 15.7. The van der Waals surface area contributed by atoms with Crippen molar-refractivity contribution in [3.8, 4) is 11.5 Å². The molecule has 142 valence electrons. The summed E-state index contributed by atoms with van der Waals surface area (Å²) in [6.07, 6.45) is -0.298. The summed E-state index contributed by atoms with van der Waals surface area (Å²) in [7, 11) is 1.80. The molecule has 1 amide bonds. The summed E-state index contributed by atoms with van der Waals surface area (Å²) in [6, 6.07) is 25.0. The maximum Gasteiger partial charge on any atom is 0.257 e. The van der Waals surface area contributed by atoms with E-state index >= 15 is 0 Å². The number of anilines is 1. The van der Waals surface area contributed by atoms with Crippen LogP contribution in [-0.2, 0) is 0 Å². The molecule has 28 heavy (non-hydrogen) atoms. The van der Waals surface area contributed by atoms with E-state index in [2.05, 4.69) is 5.32 Å². The summed E-state index contributed by atoms with van der Waals surface area (Å²) in [5.74, 6) is 1.53. The zero-order valence-electron chi connectivity index (χ0n) is 15.7. The van der Waals surface area contributed by atoms with Gasteiger partial charge in [0.1, 0.15) is 30.9 Å². The topological polar surface area (TPSA) is 50.8 Å². The van der Waals surface area contributed by atoms with Crippen LogP contribution in [0, 0.1) is 0 Å². The average molecular weight is 374 g/mol. The van der Waals surface area contributed by atoms with Crippen LogP contribution < -0.4 is 14.8 Å². The maximum atomic E-state index is 12.8. The number of fused-ring (bicyclic) bond motifs is 1. The smallest absolute Gasteiger partial charge is 0.257 e. The molecule has 1 aliphatic heterocycles. The van der Waals surface area contributed by atoms with Crippen LogP contribution in [0.2, 0.25) is 0 Å². The zero-order chi connectivity index (χ0) is 19.3. The second-order valence-corrected chi connectivity index (χ2v) is 6.56. The third kappa shape index (κ3) is 3.64. The van der Waals surface area contributed by atoms with Gasteiger partial charge in [0.15, 0.2) is 0 Å². The normalized spacial score (nSPS) is 15.5. The van der Waals surface area contributed by atoms with Gasteiger partial charge in [0.25, 0.3) is 5.91 Å². The Balaban J connectivity index is 1.48. The van der Waals surface area contributed by atoms with E-state index in [0.29, 0.717) is 18.8 Å². The lowest BCUT2D eigenvalue weighted by Crippen LogP contribution is -2.40. The van der Waals surface area contributed by atoms with Crippen LogP contribution in [0.4, 0.5) is 5.69 Å². The number of carbonyl (C=O) groups excluding carboxylic acids is 1. The van der Waals surface area contributed by atoms with Crippen molar-refractivity contribution in [2.24, 2.45) is 0 Å². The summed E-state index contributed by atoms with van der Waals surface area (Å²) in [4.78, 5) is 14.5. The molecule has 0 fully saturated rings. The van der Waals surface area contributed by atoms with Crippen molar-refractivity contribution in [3.63, 3.8) is 0 Å². The van der Waals surface area contributed by atoms with Gasteiger partial charge in [-0.1, -0.05) is 48.5 Å². The van der Waals surface area contributed by atoms with Crippen molar-refractivity contribution in [1.29, 1.82) is 0 Å². The molecule has 4 rings (SSSR count). The summed E-state index contributed by atoms with van der Waals surface area (Å²) in [6.45, 7) is 0.848. The van der Waals surface area contributed by atoms with Crippen LogP contribution >= 0.6 is 0 Å². The van der Waals surface area contributed by atoms with E-state index in [1.807, 2.05) is 78.9 Å². The molecule has 5 nitrogen and oxygen atoms in total. The number of ether oxygens (including phenoxy) is 2. The molecule has 1 aliphatic rings. The van der Waals surface area contributed by atoms with Crippen molar-refractivity contribution in [2.45, 2.75) is 6.17 Å². The van der Waals surface area contributed by atoms with E-state index in [-0.39, 0.29) is 12.1 Å². The maximum absolute atomic E-state index is 12.8. The Bertz CT molecular complexity index is 959. The summed E-state index contributed by atoms with van der Waals surface area (Å²) >= 11 is 0. The number of para-hydroxylation sites is 3. The fourth-order valence-corrected chi connectivity index (χ4v) is 3.30. The lowest BCUT2D eigenvalue weighted by Gasteiger charge is -2.36. The molecule has 1 heterocycles. The molecule has 0 saturated carbocycles. The van der Waals surface area contributed by atoms with Crippen LogP contribution in [-0.4, -0.2) is 31.1 Å². The molecule has 3 aromatic rings. The minimum absolute atomic E-state index is 0.0124. The van der Waals surface area contributed by atoms with Gasteiger partial charge in [0, 0.05) is 18.3 Å². The van der Waals surface area contributed by atoms with Crippen LogP contribution in [0.1, 0.15) is 22.1 Å². The average Bonchev–Trinajstić information content (AvgIpc) is 2.75. The SMILES string of the molecule is CN1C(=O)c2ccccc2NC1c1ccccc1OCCOc1ccccc1. The highest BCUT2D eigenvalue weighted by Gasteiger charge is 2.31. The molecule has 0 radical (unpaired) electrons. The predicted molar refractivity (Wildman–Crippen MR) is 109 cm³/mol. The Hall–Kier alpha value is -3.47. The monoisotopic (exact) mass is 374 g/mol. The van der Waals surface area contributed by atoms with Crippen LogP contribution in [0.15, 0.2) is 78.9 Å². The molecule has 1 N–H and O–H groups in total. The van der Waals surface area contributed by atoms with Gasteiger partial charge in [-0.15, -0.1) is 0 Å². The Morgan fingerprint density at radius 1 is 0.857 bits per heavy atom. The Morgan fingerprint density at radius 3 is 2.39 bits per heavy atom. The summed E-state index contributed by atoms with van der Waals surface area (Å²) < 4.78 is 11.7. The number of rotatable bonds is 6. The van der Waals surface area contributed by atoms with Gasteiger partial charge in [-0.3, -0.25) is 4.79 Å². The molecule has 1 unspecified atom stereocenters. The second kappa shape index (κ2) is 8.05. The van der Waals surface area contributed by atoms with Crippen molar-refractivity contribution in [1.82, 2.24) is 4.90 Å². The number of amides is 1. The van der Waals surface area contributed by atoms with E-state index in [4.69, 9.17) is 9.47 Å². The molecule has 0 aromatic heterocycles. The first-order valence-corrected chi connectivity index (χ1v) is 9.26. The highest BCUT2D eigenvalue weighted by molar-refractivity contribution is 6.01. The van der Waals surface area contributed by atoms with E-state index in [1.165, 1.54) is 0 Å². The fraction of sp³-hybridized carbons (Fsp3) is 0.174. The molecule has 5 heteroatoms. The minimum atomic E-state index is -0.298. The van der Waals surface area contributed by atoms with Crippen molar-refractivity contribution in [3.05, 3.63) is 90.0 Å². The molecule has 0 bridgehead atoms. The molecule has 0 aliphatic carbocycles. The molecule has 1 atom stereocenters. The first kappa shape index (κ1) is 17.9. The molecule has 0 spiro atoms. The van der Waals surface area contributed by atoms with Gasteiger partial charge in [-0.2, -0.15) is 0 Å². The summed E-state index contributed by atoms with van der Waals surface area (Å²) in [5, 5.41) is 3.44. The van der Waals surface area contributed by atoms with Gasteiger partial charge in [0.2, 0.25) is 0 Å². The standard InChI is InChI=1S/C23H22N2O3/c1-25-22(24-20-13-7-5-11-18(20)23(25)26)19-12-6-8-14-21(19)28-16-15-27-17-9-3-2-4-10-17/h2-14,22,24H,15-16H2,1H3. The number of carbonyl (C=O) groups is 1. The van der Waals surface area contributed by atoms with E-state index in [1.54, 1.807) is 11.9 Å². The van der Waals surface area contributed by atoms with Crippen LogP contribution in [0.5, 0.6) is 11.5 Å². The van der Waals surface area contributed by atoms with Crippen molar-refractivity contribution >= 4 is 11.6 Å². The largest absolute Gasteiger partial charge is 0.490 e. The second-order valence-electron chi connectivity index (χ2n) is 6.56. The Kier molecular flexibility index (Phi) is 5.15. The highest BCUT2D eigenvalue weighted by atomic mass is 16.5. The van der Waals surface area contributed by atoms with E-state index in [9.17, 15) is 4.79 Å². The number of benzene rings is 3. The third-order valence-electron chi connectivity index (χ3n) is 4.72. The molecular formula is C23H22N2O3. The Morgan fingerprint density at radius 2 is 1.54 bits per heavy atom. The van der Waals surface area contributed by atoms with Gasteiger partial charge < -0.3 is 19.7 Å². The van der Waals surface area contributed by atoms with E-state index < -0.39 is 0 Å². The number of nitrogens with zero attached hydrogens (tertiary/aromatic N) is 1. The number of nitrogens with one attached hydrogen (secondary N) is 1. The van der Waals surface area contributed by atoms with Crippen LogP contribution in [0.3, 0.4) is 0 Å². The predicted octanol–water partition coefficient (Wildman–Crippen LogP) is 4.34. The van der Waals surface area contributed by atoms with Gasteiger partial charge in [0.05, 0.1) is 5.56 Å². The molecular weight excluding hydrogens is 352 g/mol. The number of hydrogen-bond donors (Lipinski definition) is 1. The van der Waals surface area contributed by atoms with Crippen molar-refractivity contribution in [2.75, 3.05) is 25.6 Å². The lowest BCUT2D eigenvalue weighted by atomic mass is 10.0. The highest BCUT2D eigenvalue weighted by Crippen LogP contribution is 2.35. The van der Waals surface area contributed by atoms with E-state index in [0.717, 1.165) is 22.7 Å². The third-order valence-corrected chi connectivity index (χ3v) is 4.72. The quantitative estimate of drug-likeness (QED) is 0.652. The fourth-order valence-electron chi connectivity index (χ4n) is 3.30.